The number of ketones is 1. The molecule has 0 saturated heterocycles. The number of benzene rings is 3. The number of carbonyl (C=O) groups is 1. The van der Waals surface area contributed by atoms with Gasteiger partial charge >= 0.3 is 11.4 Å². The van der Waals surface area contributed by atoms with Crippen molar-refractivity contribution in [1.29, 1.82) is 0 Å². The van der Waals surface area contributed by atoms with Gasteiger partial charge in [-0.25, -0.2) is 18.4 Å². The van der Waals surface area contributed by atoms with E-state index in [4.69, 9.17) is 4.74 Å². The summed E-state index contributed by atoms with van der Waals surface area (Å²) >= 11 is 1.24. The van der Waals surface area contributed by atoms with Crippen molar-refractivity contribution in [3.05, 3.63) is 126 Å². The summed E-state index contributed by atoms with van der Waals surface area (Å²) in [6.45, 7) is -1.08. The van der Waals surface area contributed by atoms with Crippen LogP contribution in [0, 0.1) is 11.6 Å². The number of carbonyl (C=O) groups excluding carboxylic acids is 1. The predicted molar refractivity (Wildman–Crippen MR) is 167 cm³/mol. The van der Waals surface area contributed by atoms with E-state index in [2.05, 4.69) is 14.7 Å². The van der Waals surface area contributed by atoms with Gasteiger partial charge in [-0.2, -0.15) is 0 Å². The van der Waals surface area contributed by atoms with E-state index in [-0.39, 0.29) is 33.1 Å². The Balaban J connectivity index is 1.31. The molecule has 3 heterocycles. The van der Waals surface area contributed by atoms with Crippen LogP contribution in [0.2, 0.25) is 0 Å². The number of aromatic amines is 1. The molecule has 0 aliphatic heterocycles. The summed E-state index contributed by atoms with van der Waals surface area (Å²) in [5, 5.41) is 3.90. The number of thiophene rings is 1. The lowest BCUT2D eigenvalue weighted by Crippen LogP contribution is -2.41. The second-order valence-corrected chi connectivity index (χ2v) is 12.0. The fourth-order valence-electron chi connectivity index (χ4n) is 5.43. The lowest BCUT2D eigenvalue weighted by Gasteiger charge is -2.14. The molecule has 1 N–H and O–H groups in total. The van der Waals surface area contributed by atoms with Gasteiger partial charge in [-0.15, -0.1) is 11.3 Å². The van der Waals surface area contributed by atoms with Gasteiger partial charge in [-0.1, -0.05) is 29.4 Å². The Morgan fingerprint density at radius 3 is 2.33 bits per heavy atom. The van der Waals surface area contributed by atoms with Crippen LogP contribution in [-0.4, -0.2) is 32.2 Å². The summed E-state index contributed by atoms with van der Waals surface area (Å²) in [4.78, 5) is 55.7. The van der Waals surface area contributed by atoms with Crippen molar-refractivity contribution < 1.29 is 22.8 Å². The van der Waals surface area contributed by atoms with E-state index in [9.17, 15) is 19.2 Å². The summed E-state index contributed by atoms with van der Waals surface area (Å²) in [6.07, 6.45) is 1.88. The fraction of sp³-hybridized carbons (Fsp3) is 0.182. The topological polar surface area (TPSA) is 129 Å². The van der Waals surface area contributed by atoms with Crippen molar-refractivity contribution >= 4 is 27.3 Å². The third kappa shape index (κ3) is 5.28. The second-order valence-electron chi connectivity index (χ2n) is 11.0. The summed E-state index contributed by atoms with van der Waals surface area (Å²) in [7, 11) is 1.49. The molecule has 6 aromatic rings. The average Bonchev–Trinajstić information content (AvgIpc) is 3.67. The molecule has 46 heavy (non-hydrogen) atoms. The van der Waals surface area contributed by atoms with Gasteiger partial charge in [0, 0.05) is 21.6 Å². The first-order valence-corrected chi connectivity index (χ1v) is 15.1. The number of halogens is 2. The molecule has 0 spiro atoms. The molecule has 0 radical (unpaired) electrons. The molecule has 0 bridgehead atoms. The molecular weight excluding hydrogens is 618 g/mol. The molecule has 3 aromatic carbocycles. The van der Waals surface area contributed by atoms with E-state index < -0.39 is 53.1 Å². The lowest BCUT2D eigenvalue weighted by atomic mass is 9.97. The van der Waals surface area contributed by atoms with Crippen LogP contribution in [0.4, 0.5) is 8.78 Å². The van der Waals surface area contributed by atoms with E-state index in [0.717, 1.165) is 39.0 Å². The maximum atomic E-state index is 15.8. The number of H-pyrrole nitrogens is 1. The number of nitrogens with zero attached hydrogens (tertiary/aromatic N) is 3. The molecule has 1 aliphatic rings. The molecule has 7 rings (SSSR count). The Bertz CT molecular complexity index is 2310. The summed E-state index contributed by atoms with van der Waals surface area (Å²) < 4.78 is 43.3. The smallest absolute Gasteiger partial charge is 0.439 e. The average molecular weight is 643 g/mol. The van der Waals surface area contributed by atoms with Crippen molar-refractivity contribution in [3.63, 3.8) is 0 Å². The summed E-state index contributed by atoms with van der Waals surface area (Å²) in [5.74, 6) is -2.24. The van der Waals surface area contributed by atoms with Crippen molar-refractivity contribution in [1.82, 2.24) is 19.3 Å². The third-order valence-corrected chi connectivity index (χ3v) is 9.32. The maximum absolute atomic E-state index is 15.8. The fourth-order valence-corrected chi connectivity index (χ4v) is 6.74. The van der Waals surface area contributed by atoms with Crippen molar-refractivity contribution in [2.45, 2.75) is 31.8 Å². The number of fused-ring (bicyclic) bond motifs is 1. The van der Waals surface area contributed by atoms with Crippen molar-refractivity contribution in [2.24, 2.45) is 0 Å². The number of methoxy groups -OCH3 is 1. The van der Waals surface area contributed by atoms with Gasteiger partial charge in [0.05, 0.1) is 25.6 Å². The minimum absolute atomic E-state index is 0.0926. The monoisotopic (exact) mass is 642 g/mol. The van der Waals surface area contributed by atoms with Gasteiger partial charge in [0.15, 0.2) is 11.6 Å². The van der Waals surface area contributed by atoms with Crippen molar-refractivity contribution in [3.8, 4) is 28.3 Å². The molecule has 1 fully saturated rings. The standard InChI is InChI=1S/C33H24F2N4O6S/c1-44-20-10-8-17(9-11-20)27(40)16-38-30(41)23-14-28(18-6-7-18)46-31(23)39(33(38)43)15-24-25(34)12-19(13-26(24)35)21-4-2-3-5-22(21)29-36-32(42)45-37-29/h2-5,8-14,18H,6-7,15-16H2,1H3,(H,36,37,42). The highest BCUT2D eigenvalue weighted by Crippen LogP contribution is 2.44. The Labute approximate surface area is 262 Å². The first-order valence-electron chi connectivity index (χ1n) is 14.3. The molecule has 0 amide bonds. The molecule has 10 nitrogen and oxygen atoms in total. The highest BCUT2D eigenvalue weighted by molar-refractivity contribution is 7.18. The summed E-state index contributed by atoms with van der Waals surface area (Å²) in [5.41, 5.74) is -0.686. The molecule has 13 heteroatoms. The first kappa shape index (κ1) is 29.3. The number of rotatable bonds is 9. The van der Waals surface area contributed by atoms with Crippen LogP contribution in [0.15, 0.2) is 85.6 Å². The highest BCUT2D eigenvalue weighted by Gasteiger charge is 2.28. The molecule has 0 unspecified atom stereocenters. The number of nitrogens with one attached hydrogen (secondary N) is 1. The predicted octanol–water partition coefficient (Wildman–Crippen LogP) is 5.33. The maximum Gasteiger partial charge on any atom is 0.439 e. The van der Waals surface area contributed by atoms with Crippen LogP contribution in [-0.2, 0) is 13.1 Å². The lowest BCUT2D eigenvalue weighted by molar-refractivity contribution is 0.0968. The molecule has 232 valence electrons. The van der Waals surface area contributed by atoms with Crippen LogP contribution in [0.25, 0.3) is 32.7 Å². The number of ether oxygens (including phenoxy) is 1. The van der Waals surface area contributed by atoms with Gasteiger partial charge < -0.3 is 4.74 Å². The van der Waals surface area contributed by atoms with Crippen LogP contribution in [0.1, 0.15) is 39.6 Å². The van der Waals surface area contributed by atoms with Crippen molar-refractivity contribution in [2.75, 3.05) is 7.11 Å². The van der Waals surface area contributed by atoms with Crippen LogP contribution in [0.5, 0.6) is 5.75 Å². The van der Waals surface area contributed by atoms with Crippen LogP contribution >= 0.6 is 11.3 Å². The normalized spacial score (nSPS) is 12.9. The van der Waals surface area contributed by atoms with Crippen LogP contribution in [0.3, 0.4) is 0 Å². The molecule has 1 aliphatic carbocycles. The zero-order valence-electron chi connectivity index (χ0n) is 24.2. The van der Waals surface area contributed by atoms with E-state index in [1.165, 1.54) is 30.6 Å². The van der Waals surface area contributed by atoms with E-state index >= 15 is 8.78 Å². The Kier molecular flexibility index (Phi) is 7.32. The van der Waals surface area contributed by atoms with Gasteiger partial charge in [-0.3, -0.25) is 28.2 Å². The zero-order chi connectivity index (χ0) is 32.1. The van der Waals surface area contributed by atoms with E-state index in [1.54, 1.807) is 42.5 Å². The number of Topliss-reactive ketones (excluding diaryl/α,β-unsaturated/α-hetero) is 1. The number of hydrogen-bond donors (Lipinski definition) is 1. The molecule has 1 saturated carbocycles. The van der Waals surface area contributed by atoms with E-state index in [0.29, 0.717) is 16.9 Å². The molecule has 0 atom stereocenters. The van der Waals surface area contributed by atoms with Gasteiger partial charge in [0.1, 0.15) is 22.2 Å². The summed E-state index contributed by atoms with van der Waals surface area (Å²) in [6, 6.07) is 16.8. The van der Waals surface area contributed by atoms with E-state index in [1.807, 2.05) is 0 Å². The SMILES string of the molecule is COc1ccc(C(=O)Cn2c(=O)c3cc(C4CC4)sc3n(Cc3c(F)cc(-c4ccccc4-c4noc(=O)[nH]4)cc3F)c2=O)cc1. The minimum Gasteiger partial charge on any atom is -0.497 e. The number of aromatic nitrogens is 4. The molecular formula is C33H24F2N4O6S. The Hall–Kier alpha value is -5.43. The third-order valence-electron chi connectivity index (χ3n) is 8.00. The Morgan fingerprint density at radius 1 is 1.00 bits per heavy atom. The molecule has 3 aromatic heterocycles. The second kappa shape index (κ2) is 11.5. The largest absolute Gasteiger partial charge is 0.497 e. The highest BCUT2D eigenvalue weighted by atomic mass is 32.1. The first-order chi connectivity index (χ1) is 22.2. The number of hydrogen-bond acceptors (Lipinski definition) is 8. The van der Waals surface area contributed by atoms with Crippen LogP contribution < -0.4 is 21.7 Å². The quantitative estimate of drug-likeness (QED) is 0.211. The van der Waals surface area contributed by atoms with Gasteiger partial charge in [0.2, 0.25) is 0 Å². The minimum atomic E-state index is -0.926. The van der Waals surface area contributed by atoms with Gasteiger partial charge in [0.25, 0.3) is 5.56 Å². The Morgan fingerprint density at radius 2 is 1.70 bits per heavy atom. The zero-order valence-corrected chi connectivity index (χ0v) is 25.0. The van der Waals surface area contributed by atoms with Gasteiger partial charge in [-0.05, 0) is 72.4 Å².